The lowest BCUT2D eigenvalue weighted by atomic mass is 10.2. The summed E-state index contributed by atoms with van der Waals surface area (Å²) in [5, 5.41) is 0. The summed E-state index contributed by atoms with van der Waals surface area (Å²) in [7, 11) is 0. The smallest absolute Gasteiger partial charge is 0.331 e. The van der Waals surface area contributed by atoms with Gasteiger partial charge in [0.05, 0.1) is 0 Å². The lowest BCUT2D eigenvalue weighted by molar-refractivity contribution is -0.136. The number of hydrogen-bond acceptors (Lipinski definition) is 4. The maximum atomic E-state index is 11.8. The molecule has 0 bridgehead atoms. The Morgan fingerprint density at radius 1 is 0.786 bits per heavy atom. The largest absolute Gasteiger partial charge is 0.486 e. The van der Waals surface area contributed by atoms with Crippen molar-refractivity contribution in [2.45, 2.75) is 41.5 Å². The standard InChI is InChI=1S/C24H32O4/c1-18(2)11-14-26-22-9-7-21(17-23(22)27-15-12-19(3)4)8-10-24(25)28-16-13-20(5)6/h7-13,17H,14-16H2,1-6H3. The summed E-state index contributed by atoms with van der Waals surface area (Å²) in [4.78, 5) is 11.8. The van der Waals surface area contributed by atoms with Crippen LogP contribution >= 0.6 is 0 Å². The molecule has 0 radical (unpaired) electrons. The molecule has 1 aromatic rings. The van der Waals surface area contributed by atoms with E-state index in [2.05, 4.69) is 0 Å². The molecular weight excluding hydrogens is 352 g/mol. The Morgan fingerprint density at radius 3 is 1.89 bits per heavy atom. The van der Waals surface area contributed by atoms with Crippen LogP contribution in [0.2, 0.25) is 0 Å². The molecule has 0 N–H and O–H groups in total. The van der Waals surface area contributed by atoms with Crippen LogP contribution in [0, 0.1) is 0 Å². The van der Waals surface area contributed by atoms with Crippen molar-refractivity contribution in [3.8, 4) is 11.5 Å². The number of esters is 1. The number of ether oxygens (including phenoxy) is 3. The summed E-state index contributed by atoms with van der Waals surface area (Å²) in [5.41, 5.74) is 4.32. The van der Waals surface area contributed by atoms with Crippen LogP contribution in [0.3, 0.4) is 0 Å². The zero-order chi connectivity index (χ0) is 20.9. The number of hydrogen-bond donors (Lipinski definition) is 0. The molecule has 0 aromatic heterocycles. The first-order chi connectivity index (χ1) is 13.3. The average Bonchev–Trinajstić information content (AvgIpc) is 2.60. The molecule has 28 heavy (non-hydrogen) atoms. The lowest BCUT2D eigenvalue weighted by Crippen LogP contribution is -2.01. The molecule has 0 unspecified atom stereocenters. The van der Waals surface area contributed by atoms with Gasteiger partial charge >= 0.3 is 5.97 Å². The number of benzene rings is 1. The SMILES string of the molecule is CC(C)=CCOC(=O)C=Cc1ccc(OCC=C(C)C)c(OCC=C(C)C)c1. The Morgan fingerprint density at radius 2 is 1.32 bits per heavy atom. The van der Waals surface area contributed by atoms with Crippen LogP contribution in [0.1, 0.15) is 47.1 Å². The van der Waals surface area contributed by atoms with Crippen LogP contribution < -0.4 is 9.47 Å². The molecule has 0 fully saturated rings. The highest BCUT2D eigenvalue weighted by Gasteiger charge is 2.06. The summed E-state index contributed by atoms with van der Waals surface area (Å²) in [5.74, 6) is 0.927. The maximum Gasteiger partial charge on any atom is 0.331 e. The first kappa shape index (κ1) is 23.3. The fraction of sp³-hybridized carbons (Fsp3) is 0.375. The third kappa shape index (κ3) is 10.4. The van der Waals surface area contributed by atoms with Gasteiger partial charge in [-0.25, -0.2) is 4.79 Å². The fourth-order valence-corrected chi connectivity index (χ4v) is 1.96. The number of rotatable bonds is 10. The van der Waals surface area contributed by atoms with E-state index < -0.39 is 0 Å². The van der Waals surface area contributed by atoms with Crippen LogP contribution in [0.4, 0.5) is 0 Å². The van der Waals surface area contributed by atoms with Crippen LogP contribution in [-0.2, 0) is 9.53 Å². The highest BCUT2D eigenvalue weighted by atomic mass is 16.5. The van der Waals surface area contributed by atoms with E-state index in [1.807, 2.05) is 78.0 Å². The van der Waals surface area contributed by atoms with Crippen molar-refractivity contribution in [3.05, 3.63) is 64.8 Å². The predicted molar refractivity (Wildman–Crippen MR) is 116 cm³/mol. The second-order valence-electron chi connectivity index (χ2n) is 7.14. The summed E-state index contributed by atoms with van der Waals surface area (Å²) >= 11 is 0. The van der Waals surface area contributed by atoms with Crippen LogP contribution in [-0.4, -0.2) is 25.8 Å². The minimum absolute atomic E-state index is 0.277. The Kier molecular flexibility index (Phi) is 10.5. The molecule has 0 aliphatic rings. The summed E-state index contributed by atoms with van der Waals surface area (Å²) in [6.07, 6.45) is 8.99. The minimum atomic E-state index is -0.381. The highest BCUT2D eigenvalue weighted by molar-refractivity contribution is 5.87. The molecule has 0 saturated carbocycles. The van der Waals surface area contributed by atoms with Gasteiger partial charge in [0.25, 0.3) is 0 Å². The van der Waals surface area contributed by atoms with Gasteiger partial charge in [-0.2, -0.15) is 0 Å². The molecule has 0 saturated heterocycles. The molecule has 1 aromatic carbocycles. The fourth-order valence-electron chi connectivity index (χ4n) is 1.96. The van der Waals surface area contributed by atoms with Crippen molar-refractivity contribution < 1.29 is 19.0 Å². The van der Waals surface area contributed by atoms with Gasteiger partial charge in [-0.1, -0.05) is 22.8 Å². The molecule has 152 valence electrons. The lowest BCUT2D eigenvalue weighted by Gasteiger charge is -2.12. The first-order valence-electron chi connectivity index (χ1n) is 9.42. The molecule has 4 nitrogen and oxygen atoms in total. The molecule has 0 aliphatic heterocycles. The highest BCUT2D eigenvalue weighted by Crippen LogP contribution is 2.29. The van der Waals surface area contributed by atoms with Crippen molar-refractivity contribution in [2.24, 2.45) is 0 Å². The topological polar surface area (TPSA) is 44.8 Å². The Balaban J connectivity index is 2.87. The molecule has 1 rings (SSSR count). The average molecular weight is 385 g/mol. The Bertz CT molecular complexity index is 755. The van der Waals surface area contributed by atoms with Crippen LogP contribution in [0.15, 0.2) is 59.2 Å². The third-order valence-corrected chi connectivity index (χ3v) is 3.56. The van der Waals surface area contributed by atoms with Gasteiger partial charge in [0.2, 0.25) is 0 Å². The Labute approximate surface area is 169 Å². The third-order valence-electron chi connectivity index (χ3n) is 3.56. The zero-order valence-electron chi connectivity index (χ0n) is 17.9. The van der Waals surface area contributed by atoms with Gasteiger partial charge in [0.1, 0.15) is 19.8 Å². The first-order valence-corrected chi connectivity index (χ1v) is 9.42. The molecular formula is C24H32O4. The molecule has 0 spiro atoms. The number of carbonyl (C=O) groups is 1. The van der Waals surface area contributed by atoms with Gasteiger partial charge < -0.3 is 14.2 Å². The van der Waals surface area contributed by atoms with E-state index in [0.717, 1.165) is 11.1 Å². The summed E-state index contributed by atoms with van der Waals surface area (Å²) in [6, 6.07) is 5.59. The predicted octanol–water partition coefficient (Wildman–Crippen LogP) is 5.90. The van der Waals surface area contributed by atoms with Gasteiger partial charge in [0.15, 0.2) is 11.5 Å². The molecule has 0 heterocycles. The summed E-state index contributed by atoms with van der Waals surface area (Å²) < 4.78 is 16.8. The van der Waals surface area contributed by atoms with E-state index in [1.165, 1.54) is 17.2 Å². The molecule has 0 amide bonds. The van der Waals surface area contributed by atoms with Gasteiger partial charge in [-0.05, 0) is 83.5 Å². The van der Waals surface area contributed by atoms with Crippen molar-refractivity contribution in [1.82, 2.24) is 0 Å². The molecule has 0 aliphatic carbocycles. The van der Waals surface area contributed by atoms with Crippen molar-refractivity contribution in [2.75, 3.05) is 19.8 Å². The molecule has 0 atom stereocenters. The van der Waals surface area contributed by atoms with E-state index in [4.69, 9.17) is 14.2 Å². The van der Waals surface area contributed by atoms with Gasteiger partial charge in [0, 0.05) is 6.08 Å². The van der Waals surface area contributed by atoms with E-state index >= 15 is 0 Å². The van der Waals surface area contributed by atoms with E-state index in [9.17, 15) is 4.79 Å². The second kappa shape index (κ2) is 12.6. The van der Waals surface area contributed by atoms with Crippen molar-refractivity contribution in [1.29, 1.82) is 0 Å². The van der Waals surface area contributed by atoms with E-state index in [-0.39, 0.29) is 12.6 Å². The van der Waals surface area contributed by atoms with Crippen LogP contribution in [0.25, 0.3) is 6.08 Å². The van der Waals surface area contributed by atoms with Crippen LogP contribution in [0.5, 0.6) is 11.5 Å². The monoisotopic (exact) mass is 384 g/mol. The second-order valence-corrected chi connectivity index (χ2v) is 7.14. The van der Waals surface area contributed by atoms with E-state index in [0.29, 0.717) is 24.7 Å². The zero-order valence-corrected chi connectivity index (χ0v) is 17.9. The number of allylic oxidation sites excluding steroid dienone is 3. The van der Waals surface area contributed by atoms with E-state index in [1.54, 1.807) is 6.08 Å². The summed E-state index contributed by atoms with van der Waals surface area (Å²) in [6.45, 7) is 13.2. The maximum absolute atomic E-state index is 11.8. The number of carbonyl (C=O) groups excluding carboxylic acids is 1. The normalized spacial score (nSPS) is 10.2. The van der Waals surface area contributed by atoms with Crippen molar-refractivity contribution in [3.63, 3.8) is 0 Å². The van der Waals surface area contributed by atoms with Crippen molar-refractivity contribution >= 4 is 12.0 Å². The minimum Gasteiger partial charge on any atom is -0.486 e. The Hall–Kier alpha value is -2.75. The van der Waals surface area contributed by atoms with Gasteiger partial charge in [-0.3, -0.25) is 0 Å². The van der Waals surface area contributed by atoms with Gasteiger partial charge in [-0.15, -0.1) is 0 Å². The molecule has 4 heteroatoms. The quantitative estimate of drug-likeness (QED) is 0.286.